The highest BCUT2D eigenvalue weighted by molar-refractivity contribution is 5.96. The molecule has 1 amide bonds. The molecule has 0 spiro atoms. The molecule has 0 radical (unpaired) electrons. The molecule has 0 aliphatic carbocycles. The molecule has 0 heterocycles. The van der Waals surface area contributed by atoms with Crippen LogP contribution in [0.1, 0.15) is 36.2 Å². The number of carboxylic acid groups (broad SMARTS) is 1. The van der Waals surface area contributed by atoms with Crippen molar-refractivity contribution < 1.29 is 19.1 Å². The van der Waals surface area contributed by atoms with Gasteiger partial charge in [-0.3, -0.25) is 9.59 Å². The minimum atomic E-state index is -0.990. The molecule has 0 saturated carbocycles. The van der Waals surface area contributed by atoms with E-state index in [1.165, 1.54) is 18.2 Å². The molecule has 5 heteroatoms. The molecular formula is C13H16FNO3. The summed E-state index contributed by atoms with van der Waals surface area (Å²) in [5.41, 5.74) is -0.00232. The van der Waals surface area contributed by atoms with Gasteiger partial charge in [-0.2, -0.15) is 0 Å². The average molecular weight is 253 g/mol. The lowest BCUT2D eigenvalue weighted by Gasteiger charge is -2.24. The van der Waals surface area contributed by atoms with Crippen molar-refractivity contribution in [1.82, 2.24) is 5.32 Å². The van der Waals surface area contributed by atoms with Gasteiger partial charge in [-0.05, 0) is 44.5 Å². The summed E-state index contributed by atoms with van der Waals surface area (Å²) >= 11 is 0. The molecule has 18 heavy (non-hydrogen) atoms. The van der Waals surface area contributed by atoms with Gasteiger partial charge >= 0.3 is 5.97 Å². The molecule has 2 N–H and O–H groups in total. The Kier molecular flexibility index (Phi) is 4.06. The zero-order valence-electron chi connectivity index (χ0n) is 10.6. The van der Waals surface area contributed by atoms with E-state index < -0.39 is 23.2 Å². The largest absolute Gasteiger partial charge is 0.481 e. The van der Waals surface area contributed by atoms with Crippen LogP contribution in [0, 0.1) is 12.7 Å². The molecule has 4 nitrogen and oxygen atoms in total. The lowest BCUT2D eigenvalue weighted by molar-refractivity contribution is -0.138. The molecular weight excluding hydrogens is 237 g/mol. The van der Waals surface area contributed by atoms with Gasteiger partial charge in [0.1, 0.15) is 5.82 Å². The minimum absolute atomic E-state index is 0.182. The molecule has 0 unspecified atom stereocenters. The first-order chi connectivity index (χ1) is 8.21. The summed E-state index contributed by atoms with van der Waals surface area (Å²) in [5.74, 6) is -1.80. The number of hydrogen-bond donors (Lipinski definition) is 2. The van der Waals surface area contributed by atoms with E-state index >= 15 is 0 Å². The van der Waals surface area contributed by atoms with Crippen molar-refractivity contribution in [2.75, 3.05) is 0 Å². The van der Waals surface area contributed by atoms with Crippen LogP contribution in [0.4, 0.5) is 4.39 Å². The van der Waals surface area contributed by atoms with Crippen LogP contribution in [0.3, 0.4) is 0 Å². The number of hydrogen-bond acceptors (Lipinski definition) is 2. The number of amides is 1. The number of rotatable bonds is 4. The molecule has 0 aromatic heterocycles. The van der Waals surface area contributed by atoms with E-state index in [0.717, 1.165) is 0 Å². The van der Waals surface area contributed by atoms with Crippen molar-refractivity contribution >= 4 is 11.9 Å². The second-order valence-corrected chi connectivity index (χ2v) is 4.87. The molecule has 0 aliphatic heterocycles. The van der Waals surface area contributed by atoms with Crippen molar-refractivity contribution in [3.63, 3.8) is 0 Å². The molecule has 1 rings (SSSR count). The fraction of sp³-hybridized carbons (Fsp3) is 0.385. The summed E-state index contributed by atoms with van der Waals surface area (Å²) in [7, 11) is 0. The van der Waals surface area contributed by atoms with Gasteiger partial charge in [-0.25, -0.2) is 4.39 Å². The Bertz CT molecular complexity index is 483. The van der Waals surface area contributed by atoms with Gasteiger partial charge in [-0.15, -0.1) is 0 Å². The SMILES string of the molecule is Cc1cc(F)ccc1C(=O)NC(C)(C)CC(=O)O. The summed E-state index contributed by atoms with van der Waals surface area (Å²) in [6, 6.07) is 3.85. The van der Waals surface area contributed by atoms with Crippen molar-refractivity contribution in [3.8, 4) is 0 Å². The fourth-order valence-electron chi connectivity index (χ4n) is 1.68. The average Bonchev–Trinajstić information content (AvgIpc) is 2.13. The van der Waals surface area contributed by atoms with E-state index in [-0.39, 0.29) is 6.42 Å². The third kappa shape index (κ3) is 3.84. The smallest absolute Gasteiger partial charge is 0.305 e. The molecule has 0 bridgehead atoms. The quantitative estimate of drug-likeness (QED) is 0.863. The lowest BCUT2D eigenvalue weighted by atomic mass is 9.99. The van der Waals surface area contributed by atoms with E-state index in [1.807, 2.05) is 0 Å². The lowest BCUT2D eigenvalue weighted by Crippen LogP contribution is -2.45. The monoisotopic (exact) mass is 253 g/mol. The van der Waals surface area contributed by atoms with Gasteiger partial charge < -0.3 is 10.4 Å². The minimum Gasteiger partial charge on any atom is -0.481 e. The molecule has 98 valence electrons. The maximum absolute atomic E-state index is 12.9. The van der Waals surface area contributed by atoms with E-state index in [1.54, 1.807) is 20.8 Å². The molecule has 0 fully saturated rings. The van der Waals surface area contributed by atoms with E-state index in [0.29, 0.717) is 11.1 Å². The van der Waals surface area contributed by atoms with Crippen LogP contribution in [0.25, 0.3) is 0 Å². The number of aliphatic carboxylic acids is 1. The van der Waals surface area contributed by atoms with Crippen LogP contribution < -0.4 is 5.32 Å². The van der Waals surface area contributed by atoms with Crippen molar-refractivity contribution in [2.24, 2.45) is 0 Å². The van der Waals surface area contributed by atoms with Gasteiger partial charge in [0, 0.05) is 11.1 Å². The second-order valence-electron chi connectivity index (χ2n) is 4.87. The van der Waals surface area contributed by atoms with Crippen LogP contribution in [-0.2, 0) is 4.79 Å². The van der Waals surface area contributed by atoms with E-state index in [2.05, 4.69) is 5.32 Å². The highest BCUT2D eigenvalue weighted by Crippen LogP contribution is 2.14. The maximum atomic E-state index is 12.9. The molecule has 1 aromatic carbocycles. The first kappa shape index (κ1) is 14.2. The molecule has 1 aromatic rings. The highest BCUT2D eigenvalue weighted by Gasteiger charge is 2.24. The number of benzene rings is 1. The Morgan fingerprint density at radius 1 is 1.39 bits per heavy atom. The van der Waals surface area contributed by atoms with Crippen LogP contribution in [0.2, 0.25) is 0 Å². The fourth-order valence-corrected chi connectivity index (χ4v) is 1.68. The summed E-state index contributed by atoms with van der Waals surface area (Å²) in [6.07, 6.45) is -0.182. The first-order valence-corrected chi connectivity index (χ1v) is 5.52. The maximum Gasteiger partial charge on any atom is 0.305 e. The third-order valence-corrected chi connectivity index (χ3v) is 2.48. The number of carboxylic acids is 1. The summed E-state index contributed by atoms with van der Waals surface area (Å²) in [5, 5.41) is 11.3. The van der Waals surface area contributed by atoms with Crippen molar-refractivity contribution in [1.29, 1.82) is 0 Å². The van der Waals surface area contributed by atoms with Crippen molar-refractivity contribution in [3.05, 3.63) is 35.1 Å². The number of nitrogens with one attached hydrogen (secondary N) is 1. The third-order valence-electron chi connectivity index (χ3n) is 2.48. The number of carbonyl (C=O) groups excluding carboxylic acids is 1. The number of aryl methyl sites for hydroxylation is 1. The van der Waals surface area contributed by atoms with Crippen LogP contribution in [0.15, 0.2) is 18.2 Å². The highest BCUT2D eigenvalue weighted by atomic mass is 19.1. The van der Waals surface area contributed by atoms with Crippen LogP contribution in [-0.4, -0.2) is 22.5 Å². The Hall–Kier alpha value is -1.91. The van der Waals surface area contributed by atoms with Gasteiger partial charge in [0.25, 0.3) is 5.91 Å². The first-order valence-electron chi connectivity index (χ1n) is 5.52. The molecule has 0 aliphatic rings. The second kappa shape index (κ2) is 5.16. The van der Waals surface area contributed by atoms with Crippen molar-refractivity contribution in [2.45, 2.75) is 32.7 Å². The normalized spacial score (nSPS) is 11.1. The molecule has 0 atom stereocenters. The van der Waals surface area contributed by atoms with E-state index in [9.17, 15) is 14.0 Å². The topological polar surface area (TPSA) is 66.4 Å². The number of carbonyl (C=O) groups is 2. The Morgan fingerprint density at radius 2 is 2.00 bits per heavy atom. The summed E-state index contributed by atoms with van der Waals surface area (Å²) < 4.78 is 12.9. The van der Waals surface area contributed by atoms with Gasteiger partial charge in [-0.1, -0.05) is 0 Å². The van der Waals surface area contributed by atoms with Gasteiger partial charge in [0.05, 0.1) is 6.42 Å². The zero-order valence-corrected chi connectivity index (χ0v) is 10.6. The van der Waals surface area contributed by atoms with Gasteiger partial charge in [0.2, 0.25) is 0 Å². The predicted octanol–water partition coefficient (Wildman–Crippen LogP) is 2.12. The van der Waals surface area contributed by atoms with E-state index in [4.69, 9.17) is 5.11 Å². The summed E-state index contributed by atoms with van der Waals surface area (Å²) in [6.45, 7) is 4.87. The number of halogens is 1. The standard InChI is InChI=1S/C13H16FNO3/c1-8-6-9(14)4-5-10(8)12(18)15-13(2,3)7-11(16)17/h4-6H,7H2,1-3H3,(H,15,18)(H,16,17). The van der Waals surface area contributed by atoms with Crippen LogP contribution >= 0.6 is 0 Å². The Balaban J connectivity index is 2.85. The Labute approximate surface area is 105 Å². The predicted molar refractivity (Wildman–Crippen MR) is 64.9 cm³/mol. The van der Waals surface area contributed by atoms with Gasteiger partial charge in [0.15, 0.2) is 0 Å². The molecule has 0 saturated heterocycles. The zero-order chi connectivity index (χ0) is 13.9. The summed E-state index contributed by atoms with van der Waals surface area (Å²) in [4.78, 5) is 22.6. The van der Waals surface area contributed by atoms with Crippen LogP contribution in [0.5, 0.6) is 0 Å². The Morgan fingerprint density at radius 3 is 2.50 bits per heavy atom.